The molecule has 1 aliphatic rings. The zero-order valence-corrected chi connectivity index (χ0v) is 20.4. The molecule has 10 nitrogen and oxygen atoms in total. The van der Waals surface area contributed by atoms with E-state index >= 15 is 0 Å². The SMILES string of the molecule is CCOC(=O)Cc1nnnn1CC1CC(c2cccc(OC)c2OC)c2cc(Cl)ccc2NC1=O. The molecule has 11 heteroatoms. The van der Waals surface area contributed by atoms with Crippen LogP contribution in [0.5, 0.6) is 11.5 Å². The third-order valence-corrected chi connectivity index (χ3v) is 6.19. The molecule has 2 unspecified atom stereocenters. The number of para-hydroxylation sites is 1. The van der Waals surface area contributed by atoms with E-state index in [0.29, 0.717) is 34.5 Å². The molecular weight excluding hydrogens is 474 g/mol. The second-order valence-corrected chi connectivity index (χ2v) is 8.48. The second kappa shape index (κ2) is 10.7. The van der Waals surface area contributed by atoms with Crippen molar-refractivity contribution < 1.29 is 23.8 Å². The van der Waals surface area contributed by atoms with Gasteiger partial charge in [-0.2, -0.15) is 0 Å². The van der Waals surface area contributed by atoms with Crippen LogP contribution in [0.1, 0.15) is 36.2 Å². The summed E-state index contributed by atoms with van der Waals surface area (Å²) < 4.78 is 17.7. The van der Waals surface area contributed by atoms with Crippen LogP contribution in [0.25, 0.3) is 0 Å². The summed E-state index contributed by atoms with van der Waals surface area (Å²) in [4.78, 5) is 25.3. The summed E-state index contributed by atoms with van der Waals surface area (Å²) in [5, 5.41) is 15.2. The predicted molar refractivity (Wildman–Crippen MR) is 128 cm³/mol. The number of benzene rings is 2. The lowest BCUT2D eigenvalue weighted by Gasteiger charge is -2.23. The first kappa shape index (κ1) is 24.5. The molecule has 0 radical (unpaired) electrons. The van der Waals surface area contributed by atoms with Gasteiger partial charge >= 0.3 is 5.97 Å². The van der Waals surface area contributed by atoms with Crippen LogP contribution < -0.4 is 14.8 Å². The molecule has 2 heterocycles. The fourth-order valence-corrected chi connectivity index (χ4v) is 4.55. The number of methoxy groups -OCH3 is 2. The number of rotatable bonds is 8. The number of esters is 1. The summed E-state index contributed by atoms with van der Waals surface area (Å²) in [6.45, 7) is 2.17. The number of fused-ring (bicyclic) bond motifs is 1. The van der Waals surface area contributed by atoms with Crippen molar-refractivity contribution in [1.82, 2.24) is 20.2 Å². The summed E-state index contributed by atoms with van der Waals surface area (Å²) in [6, 6.07) is 11.0. The maximum absolute atomic E-state index is 13.3. The molecule has 35 heavy (non-hydrogen) atoms. The van der Waals surface area contributed by atoms with E-state index in [1.165, 1.54) is 4.68 Å². The molecule has 0 saturated heterocycles. The zero-order valence-electron chi connectivity index (χ0n) is 19.7. The van der Waals surface area contributed by atoms with Crippen molar-refractivity contribution in [3.05, 3.63) is 58.4 Å². The average molecular weight is 500 g/mol. The van der Waals surface area contributed by atoms with E-state index in [1.807, 2.05) is 24.3 Å². The van der Waals surface area contributed by atoms with Gasteiger partial charge in [0.2, 0.25) is 5.91 Å². The minimum atomic E-state index is -0.522. The Kier molecular flexibility index (Phi) is 7.50. The number of hydrogen-bond acceptors (Lipinski definition) is 8. The number of tetrazole rings is 1. The van der Waals surface area contributed by atoms with Gasteiger partial charge in [-0.25, -0.2) is 4.68 Å². The summed E-state index contributed by atoms with van der Waals surface area (Å²) in [6.07, 6.45) is 0.333. The largest absolute Gasteiger partial charge is 0.493 e. The lowest BCUT2D eigenvalue weighted by atomic mass is 9.83. The van der Waals surface area contributed by atoms with Gasteiger partial charge < -0.3 is 19.5 Å². The van der Waals surface area contributed by atoms with Gasteiger partial charge in [0.25, 0.3) is 0 Å². The highest BCUT2D eigenvalue weighted by Gasteiger charge is 2.34. The van der Waals surface area contributed by atoms with Crippen LogP contribution in [0.2, 0.25) is 5.02 Å². The molecule has 2 atom stereocenters. The van der Waals surface area contributed by atoms with Crippen LogP contribution in [0.3, 0.4) is 0 Å². The number of halogens is 1. The monoisotopic (exact) mass is 499 g/mol. The number of nitrogens with zero attached hydrogens (tertiary/aromatic N) is 4. The Morgan fingerprint density at radius 3 is 2.77 bits per heavy atom. The molecule has 4 rings (SSSR count). The Hall–Kier alpha value is -3.66. The number of amides is 1. The van der Waals surface area contributed by atoms with Crippen LogP contribution in [0, 0.1) is 5.92 Å². The van der Waals surface area contributed by atoms with Crippen molar-refractivity contribution in [2.75, 3.05) is 26.1 Å². The molecule has 0 fully saturated rings. The van der Waals surface area contributed by atoms with E-state index < -0.39 is 11.9 Å². The minimum absolute atomic E-state index is 0.0852. The van der Waals surface area contributed by atoms with Crippen LogP contribution in [-0.2, 0) is 27.3 Å². The quantitative estimate of drug-likeness (QED) is 0.469. The first-order chi connectivity index (χ1) is 16.9. The topological polar surface area (TPSA) is 117 Å². The summed E-state index contributed by atoms with van der Waals surface area (Å²) in [7, 11) is 3.16. The van der Waals surface area contributed by atoms with Crippen molar-refractivity contribution in [3.8, 4) is 11.5 Å². The number of nitrogens with one attached hydrogen (secondary N) is 1. The molecule has 0 aliphatic carbocycles. The molecule has 0 spiro atoms. The van der Waals surface area contributed by atoms with Crippen LogP contribution in [0.4, 0.5) is 5.69 Å². The van der Waals surface area contributed by atoms with Gasteiger partial charge in [0, 0.05) is 22.2 Å². The molecule has 1 aliphatic heterocycles. The Balaban J connectivity index is 1.73. The molecule has 1 N–H and O–H groups in total. The average Bonchev–Trinajstić information content (AvgIpc) is 3.22. The number of carbonyl (C=O) groups is 2. The van der Waals surface area contributed by atoms with Gasteiger partial charge in [0.05, 0.1) is 33.3 Å². The van der Waals surface area contributed by atoms with Crippen LogP contribution in [0.15, 0.2) is 36.4 Å². The van der Waals surface area contributed by atoms with Gasteiger partial charge in [0.15, 0.2) is 17.3 Å². The Bertz CT molecular complexity index is 1230. The first-order valence-corrected chi connectivity index (χ1v) is 11.5. The molecular formula is C24H26ClN5O5. The third kappa shape index (κ3) is 5.22. The second-order valence-electron chi connectivity index (χ2n) is 8.05. The maximum atomic E-state index is 13.3. The number of hydrogen-bond donors (Lipinski definition) is 1. The fraction of sp³-hybridized carbons (Fsp3) is 0.375. The van der Waals surface area contributed by atoms with E-state index in [2.05, 4.69) is 20.8 Å². The van der Waals surface area contributed by atoms with E-state index in [1.54, 1.807) is 33.3 Å². The number of anilines is 1. The van der Waals surface area contributed by atoms with E-state index in [9.17, 15) is 9.59 Å². The Morgan fingerprint density at radius 2 is 2.03 bits per heavy atom. The smallest absolute Gasteiger partial charge is 0.313 e. The predicted octanol–water partition coefficient (Wildman–Crippen LogP) is 3.24. The van der Waals surface area contributed by atoms with Crippen molar-refractivity contribution in [2.24, 2.45) is 5.92 Å². The maximum Gasteiger partial charge on any atom is 0.313 e. The molecule has 184 valence electrons. The molecule has 0 bridgehead atoms. The van der Waals surface area contributed by atoms with Crippen molar-refractivity contribution in [3.63, 3.8) is 0 Å². The highest BCUT2D eigenvalue weighted by molar-refractivity contribution is 6.30. The standard InChI is InChI=1S/C24H26ClN5O5/c1-4-35-22(31)12-21-27-28-29-30(21)13-14-10-17(16-6-5-7-20(33-2)23(16)34-3)18-11-15(25)8-9-19(18)26-24(14)32/h5-9,11,14,17H,4,10,12-13H2,1-3H3,(H,26,32). The van der Waals surface area contributed by atoms with Crippen molar-refractivity contribution in [1.29, 1.82) is 0 Å². The molecule has 3 aromatic rings. The highest BCUT2D eigenvalue weighted by atomic mass is 35.5. The van der Waals surface area contributed by atoms with Gasteiger partial charge in [-0.15, -0.1) is 5.10 Å². The normalized spacial score (nSPS) is 17.2. The summed E-state index contributed by atoms with van der Waals surface area (Å²) in [5.74, 6) is 0.117. The molecule has 1 aromatic heterocycles. The van der Waals surface area contributed by atoms with Crippen LogP contribution in [-0.4, -0.2) is 52.9 Å². The van der Waals surface area contributed by atoms with Gasteiger partial charge in [-0.05, 0) is 53.6 Å². The van der Waals surface area contributed by atoms with E-state index in [4.69, 9.17) is 25.8 Å². The lowest BCUT2D eigenvalue weighted by Crippen LogP contribution is -2.28. The van der Waals surface area contributed by atoms with Crippen LogP contribution >= 0.6 is 11.6 Å². The lowest BCUT2D eigenvalue weighted by molar-refractivity contribution is -0.142. The third-order valence-electron chi connectivity index (χ3n) is 5.95. The number of aromatic nitrogens is 4. The van der Waals surface area contributed by atoms with Crippen molar-refractivity contribution >= 4 is 29.2 Å². The Morgan fingerprint density at radius 1 is 1.20 bits per heavy atom. The van der Waals surface area contributed by atoms with E-state index in [-0.39, 0.29) is 31.4 Å². The van der Waals surface area contributed by atoms with Gasteiger partial charge in [-0.1, -0.05) is 23.7 Å². The molecule has 1 amide bonds. The molecule has 2 aromatic carbocycles. The Labute approximate surface area is 207 Å². The minimum Gasteiger partial charge on any atom is -0.493 e. The zero-order chi connectivity index (χ0) is 24.9. The molecule has 0 saturated carbocycles. The first-order valence-electron chi connectivity index (χ1n) is 11.2. The summed E-state index contributed by atoms with van der Waals surface area (Å²) >= 11 is 6.35. The van der Waals surface area contributed by atoms with Gasteiger partial charge in [0.1, 0.15) is 6.42 Å². The van der Waals surface area contributed by atoms with Gasteiger partial charge in [-0.3, -0.25) is 9.59 Å². The highest BCUT2D eigenvalue weighted by Crippen LogP contribution is 2.45. The van der Waals surface area contributed by atoms with E-state index in [0.717, 1.165) is 11.1 Å². The van der Waals surface area contributed by atoms with Crippen molar-refractivity contribution in [2.45, 2.75) is 32.2 Å². The fourth-order valence-electron chi connectivity index (χ4n) is 4.37. The summed E-state index contributed by atoms with van der Waals surface area (Å²) in [5.41, 5.74) is 2.39. The number of ether oxygens (including phenoxy) is 3. The number of carbonyl (C=O) groups excluding carboxylic acids is 2.